The van der Waals surface area contributed by atoms with Crippen LogP contribution in [0.3, 0.4) is 0 Å². The average Bonchev–Trinajstić information content (AvgIpc) is 3.10. The number of carbonyl (C=O) groups is 2. The molecule has 4 aromatic rings. The average molecular weight is 670 g/mol. The number of aromatic nitrogens is 1. The van der Waals surface area contributed by atoms with Crippen LogP contribution in [0.1, 0.15) is 34.0 Å². The van der Waals surface area contributed by atoms with Crippen molar-refractivity contribution in [2.24, 2.45) is 5.92 Å². The lowest BCUT2D eigenvalue weighted by molar-refractivity contribution is -0.115. The monoisotopic (exact) mass is 669 g/mol. The molecule has 9 nitrogen and oxygen atoms in total. The van der Waals surface area contributed by atoms with Crippen LogP contribution in [0, 0.1) is 11.7 Å². The van der Waals surface area contributed by atoms with Crippen LogP contribution in [0.4, 0.5) is 21.5 Å². The van der Waals surface area contributed by atoms with Gasteiger partial charge in [0.15, 0.2) is 0 Å². The molecule has 3 aliphatic heterocycles. The first-order valence-electron chi connectivity index (χ1n) is 16.3. The molecular weight excluding hydrogens is 633 g/mol. The minimum atomic E-state index is -0.549. The van der Waals surface area contributed by atoms with Gasteiger partial charge >= 0.3 is 0 Å². The summed E-state index contributed by atoms with van der Waals surface area (Å²) in [4.78, 5) is 46.1. The number of pyridine rings is 1. The Morgan fingerprint density at radius 1 is 0.896 bits per heavy atom. The van der Waals surface area contributed by atoms with Gasteiger partial charge in [-0.15, -0.1) is 0 Å². The second-order valence-corrected chi connectivity index (χ2v) is 13.1. The van der Waals surface area contributed by atoms with Gasteiger partial charge < -0.3 is 29.3 Å². The molecule has 0 saturated carbocycles. The number of nitrogens with one attached hydrogen (secondary N) is 1. The molecule has 48 heavy (non-hydrogen) atoms. The number of fused-ring (bicyclic) bond motifs is 4. The molecule has 2 bridgehead atoms. The van der Waals surface area contributed by atoms with Crippen LogP contribution in [0.5, 0.6) is 5.75 Å². The minimum Gasteiger partial charge on any atom is -0.495 e. The third kappa shape index (κ3) is 6.24. The Labute approximate surface area is 283 Å². The van der Waals surface area contributed by atoms with Crippen molar-refractivity contribution in [3.63, 3.8) is 0 Å². The highest BCUT2D eigenvalue weighted by Crippen LogP contribution is 2.39. The largest absolute Gasteiger partial charge is 0.495 e. The number of benzene rings is 3. The molecule has 0 aliphatic carbocycles. The van der Waals surface area contributed by atoms with Crippen LogP contribution < -0.4 is 25.4 Å². The van der Waals surface area contributed by atoms with Crippen LogP contribution in [0.2, 0.25) is 5.02 Å². The van der Waals surface area contributed by atoms with Crippen molar-refractivity contribution in [1.29, 1.82) is 0 Å². The lowest BCUT2D eigenvalue weighted by Gasteiger charge is -2.44. The lowest BCUT2D eigenvalue weighted by Crippen LogP contribution is -2.49. The highest BCUT2D eigenvalue weighted by atomic mass is 35.5. The number of piperazine rings is 1. The number of carbonyl (C=O) groups excluding carboxylic acids is 2. The fraction of sp³-hybridized carbons (Fsp3) is 0.324. The Morgan fingerprint density at radius 2 is 1.69 bits per heavy atom. The fourth-order valence-electron chi connectivity index (χ4n) is 7.42. The summed E-state index contributed by atoms with van der Waals surface area (Å²) in [7, 11) is 1.65. The van der Waals surface area contributed by atoms with E-state index in [-0.39, 0.29) is 40.3 Å². The first-order valence-corrected chi connectivity index (χ1v) is 16.7. The summed E-state index contributed by atoms with van der Waals surface area (Å²) >= 11 is 6.24. The Kier molecular flexibility index (Phi) is 8.83. The number of hydrogen-bond acceptors (Lipinski definition) is 6. The predicted molar refractivity (Wildman–Crippen MR) is 185 cm³/mol. The van der Waals surface area contributed by atoms with Gasteiger partial charge in [-0.05, 0) is 60.9 Å². The maximum atomic E-state index is 14.6. The number of amides is 2. The van der Waals surface area contributed by atoms with Gasteiger partial charge in [-0.25, -0.2) is 4.39 Å². The molecule has 1 N–H and O–H groups in total. The lowest BCUT2D eigenvalue weighted by atomic mass is 9.83. The van der Waals surface area contributed by atoms with Gasteiger partial charge in [-0.3, -0.25) is 14.4 Å². The topological polar surface area (TPSA) is 87.1 Å². The summed E-state index contributed by atoms with van der Waals surface area (Å²) in [6.45, 7) is 4.34. The highest BCUT2D eigenvalue weighted by molar-refractivity contribution is 6.31. The molecule has 3 aromatic carbocycles. The molecular formula is C37H37ClFN5O4. The van der Waals surface area contributed by atoms with Crippen molar-refractivity contribution < 1.29 is 18.7 Å². The Bertz CT molecular complexity index is 1900. The summed E-state index contributed by atoms with van der Waals surface area (Å²) in [5.41, 5.74) is 3.86. The zero-order chi connectivity index (χ0) is 33.4. The van der Waals surface area contributed by atoms with Gasteiger partial charge in [-0.2, -0.15) is 0 Å². The minimum absolute atomic E-state index is 0.0158. The van der Waals surface area contributed by atoms with E-state index in [1.165, 1.54) is 12.1 Å². The Hall–Kier alpha value is -4.83. The zero-order valence-corrected chi connectivity index (χ0v) is 27.5. The van der Waals surface area contributed by atoms with Gasteiger partial charge in [0.05, 0.1) is 30.6 Å². The maximum absolute atomic E-state index is 14.6. The fourth-order valence-corrected chi connectivity index (χ4v) is 7.65. The van der Waals surface area contributed by atoms with Gasteiger partial charge in [0.25, 0.3) is 11.5 Å². The van der Waals surface area contributed by atoms with Gasteiger partial charge in [0.1, 0.15) is 11.6 Å². The SMILES string of the molecule is COc1ccccc1N1CCN(C(=O)c2ccc(N3C[C@H]4C[C@@H](C3)c3cccc(=O)n3C4)c(NC(=O)Cc3c(F)cccc3Cl)c2)CC1. The molecule has 7 rings (SSSR count). The normalized spacial score (nSPS) is 18.7. The van der Waals surface area contributed by atoms with E-state index >= 15 is 0 Å². The quantitative estimate of drug-likeness (QED) is 0.283. The van der Waals surface area contributed by atoms with Crippen LogP contribution in [-0.2, 0) is 17.8 Å². The van der Waals surface area contributed by atoms with Gasteiger partial charge in [-0.1, -0.05) is 35.9 Å². The summed E-state index contributed by atoms with van der Waals surface area (Å²) in [5.74, 6) is 0.0743. The molecule has 0 unspecified atom stereocenters. The van der Waals surface area contributed by atoms with Crippen LogP contribution in [0.25, 0.3) is 0 Å². The summed E-state index contributed by atoms with van der Waals surface area (Å²) in [6, 6.07) is 23.1. The number of anilines is 3. The predicted octanol–water partition coefficient (Wildman–Crippen LogP) is 5.42. The zero-order valence-electron chi connectivity index (χ0n) is 26.7. The van der Waals surface area contributed by atoms with E-state index in [2.05, 4.69) is 15.1 Å². The van der Waals surface area contributed by atoms with E-state index in [9.17, 15) is 18.8 Å². The van der Waals surface area contributed by atoms with Crippen molar-refractivity contribution in [3.05, 3.63) is 117 Å². The van der Waals surface area contributed by atoms with E-state index in [1.54, 1.807) is 25.3 Å². The second kappa shape index (κ2) is 13.4. The van der Waals surface area contributed by atoms with E-state index in [1.807, 2.05) is 58.0 Å². The number of halogens is 2. The molecule has 11 heteroatoms. The van der Waals surface area contributed by atoms with E-state index in [0.29, 0.717) is 57.1 Å². The van der Waals surface area contributed by atoms with Crippen LogP contribution >= 0.6 is 11.6 Å². The molecule has 2 amide bonds. The van der Waals surface area contributed by atoms with Crippen molar-refractivity contribution in [3.8, 4) is 5.75 Å². The number of methoxy groups -OCH3 is 1. The van der Waals surface area contributed by atoms with Crippen LogP contribution in [-0.4, -0.2) is 67.7 Å². The number of piperidine rings is 1. The van der Waals surface area contributed by atoms with E-state index in [4.69, 9.17) is 16.3 Å². The molecule has 4 heterocycles. The van der Waals surface area contributed by atoms with Gasteiger partial charge in [0, 0.05) is 79.6 Å². The summed E-state index contributed by atoms with van der Waals surface area (Å²) in [5, 5.41) is 3.17. The number of rotatable bonds is 7. The number of ether oxygens (including phenoxy) is 1. The van der Waals surface area contributed by atoms with E-state index < -0.39 is 11.7 Å². The maximum Gasteiger partial charge on any atom is 0.254 e. The van der Waals surface area contributed by atoms with Crippen molar-refractivity contribution in [2.75, 3.05) is 61.5 Å². The Morgan fingerprint density at radius 3 is 2.48 bits per heavy atom. The second-order valence-electron chi connectivity index (χ2n) is 12.7. The molecule has 2 atom stereocenters. The molecule has 2 fully saturated rings. The summed E-state index contributed by atoms with van der Waals surface area (Å²) < 4.78 is 22.0. The van der Waals surface area contributed by atoms with Crippen LogP contribution in [0.15, 0.2) is 83.7 Å². The Balaban J connectivity index is 1.14. The first kappa shape index (κ1) is 31.8. The molecule has 1 aromatic heterocycles. The first-order chi connectivity index (χ1) is 23.3. The number of nitrogens with zero attached hydrogens (tertiary/aromatic N) is 4. The molecule has 248 valence electrons. The molecule has 0 spiro atoms. The highest BCUT2D eigenvalue weighted by Gasteiger charge is 2.35. The van der Waals surface area contributed by atoms with Crippen molar-refractivity contribution in [2.45, 2.75) is 25.3 Å². The van der Waals surface area contributed by atoms with Crippen molar-refractivity contribution in [1.82, 2.24) is 9.47 Å². The smallest absolute Gasteiger partial charge is 0.254 e. The third-order valence-corrected chi connectivity index (χ3v) is 10.1. The number of hydrogen-bond donors (Lipinski definition) is 1. The summed E-state index contributed by atoms with van der Waals surface area (Å²) in [6.07, 6.45) is 0.723. The third-order valence-electron chi connectivity index (χ3n) is 9.73. The molecule has 0 radical (unpaired) electrons. The van der Waals surface area contributed by atoms with Crippen molar-refractivity contribution >= 4 is 40.5 Å². The van der Waals surface area contributed by atoms with E-state index in [0.717, 1.165) is 29.2 Å². The molecule has 3 aliphatic rings. The molecule has 2 saturated heterocycles. The van der Waals surface area contributed by atoms with Gasteiger partial charge in [0.2, 0.25) is 5.91 Å². The number of para-hydroxylation sites is 2. The standard InChI is InChI=1S/C37H37ClFN5O4/c1-48-34-10-3-2-8-33(34)41-14-16-42(17-15-41)37(47)25-12-13-32(30(19-25)40-35(45)20-27-28(38)6-4-7-29(27)39)43-21-24-18-26(23-43)31-9-5-11-36(46)44(31)22-24/h2-13,19,24,26H,14-18,20-23H2,1H3,(H,40,45)/t24-,26+/m1/s1.